The van der Waals surface area contributed by atoms with E-state index in [2.05, 4.69) is 5.32 Å². The molecule has 2 saturated heterocycles. The van der Waals surface area contributed by atoms with Gasteiger partial charge in [-0.1, -0.05) is 17.7 Å². The molecule has 1 saturated carbocycles. The number of hydrogen-bond acceptors (Lipinski definition) is 4. The summed E-state index contributed by atoms with van der Waals surface area (Å²) in [7, 11) is 0. The number of amides is 2. The summed E-state index contributed by atoms with van der Waals surface area (Å²) >= 11 is 6.01. The molecule has 2 aliphatic heterocycles. The lowest BCUT2D eigenvalue weighted by Crippen LogP contribution is -2.58. The molecule has 0 bridgehead atoms. The van der Waals surface area contributed by atoms with E-state index in [1.54, 1.807) is 6.07 Å². The number of benzene rings is 1. The second-order valence-electron chi connectivity index (χ2n) is 7.33. The molecule has 1 atom stereocenters. The van der Waals surface area contributed by atoms with E-state index in [0.29, 0.717) is 44.2 Å². The van der Waals surface area contributed by atoms with Crippen LogP contribution in [0.1, 0.15) is 24.8 Å². The lowest BCUT2D eigenvalue weighted by Gasteiger charge is -2.43. The van der Waals surface area contributed by atoms with Gasteiger partial charge in [0.25, 0.3) is 0 Å². The Labute approximate surface area is 155 Å². The zero-order chi connectivity index (χ0) is 18.3. The van der Waals surface area contributed by atoms with Crippen molar-refractivity contribution in [3.05, 3.63) is 34.6 Å². The van der Waals surface area contributed by atoms with Crippen LogP contribution < -0.4 is 5.32 Å². The predicted molar refractivity (Wildman–Crippen MR) is 91.1 cm³/mol. The molecule has 1 N–H and O–H groups in total. The van der Waals surface area contributed by atoms with E-state index < -0.39 is 6.09 Å². The quantitative estimate of drug-likeness (QED) is 0.868. The Morgan fingerprint density at radius 1 is 1.46 bits per heavy atom. The van der Waals surface area contributed by atoms with Crippen molar-refractivity contribution >= 4 is 23.6 Å². The second kappa shape index (κ2) is 6.70. The summed E-state index contributed by atoms with van der Waals surface area (Å²) < 4.78 is 23.9. The largest absolute Gasteiger partial charge is 0.447 e. The minimum Gasteiger partial charge on any atom is -0.447 e. The van der Waals surface area contributed by atoms with E-state index in [1.165, 1.54) is 12.1 Å². The minimum absolute atomic E-state index is 0.0522. The number of alkyl carbamates (subject to hydrolysis) is 1. The average Bonchev–Trinajstić information content (AvgIpc) is 3.19. The van der Waals surface area contributed by atoms with Gasteiger partial charge in [-0.05, 0) is 37.0 Å². The molecule has 3 aliphatic rings. The van der Waals surface area contributed by atoms with Crippen LogP contribution >= 0.6 is 11.6 Å². The van der Waals surface area contributed by atoms with Crippen molar-refractivity contribution < 1.29 is 23.5 Å². The molecule has 4 rings (SSSR count). The van der Waals surface area contributed by atoms with Crippen molar-refractivity contribution in [1.29, 1.82) is 0 Å². The molecule has 2 heterocycles. The molecule has 26 heavy (non-hydrogen) atoms. The Balaban J connectivity index is 1.25. The van der Waals surface area contributed by atoms with E-state index in [-0.39, 0.29) is 29.3 Å². The van der Waals surface area contributed by atoms with E-state index in [1.807, 2.05) is 4.90 Å². The van der Waals surface area contributed by atoms with Crippen molar-refractivity contribution in [2.45, 2.75) is 37.5 Å². The molecule has 1 aliphatic carbocycles. The molecule has 1 spiro atoms. The summed E-state index contributed by atoms with van der Waals surface area (Å²) in [6, 6.07) is 4.23. The summed E-state index contributed by atoms with van der Waals surface area (Å²) in [5.74, 6) is -0.330. The Kier molecular flexibility index (Phi) is 4.52. The number of ether oxygens (including phenoxy) is 2. The fourth-order valence-corrected chi connectivity index (χ4v) is 4.16. The van der Waals surface area contributed by atoms with Crippen molar-refractivity contribution in [3.8, 4) is 0 Å². The highest BCUT2D eigenvalue weighted by Gasteiger charge is 2.53. The summed E-state index contributed by atoms with van der Waals surface area (Å²) in [6.07, 6.45) is 1.58. The number of carbonyl (C=O) groups excluding carboxylic acids is 2. The first-order valence-corrected chi connectivity index (χ1v) is 9.11. The number of nitrogens with zero attached hydrogens (tertiary/aromatic N) is 1. The first-order valence-electron chi connectivity index (χ1n) is 8.73. The molecule has 140 valence electrons. The van der Waals surface area contributed by atoms with E-state index in [9.17, 15) is 14.0 Å². The van der Waals surface area contributed by atoms with Crippen LogP contribution in [0.25, 0.3) is 0 Å². The number of nitrogens with one attached hydrogen (secondary N) is 1. The average molecular weight is 383 g/mol. The SMILES string of the molecule is O=C1N[C@]2(CO1)C[C@@H](C(=O)N1CCC(OCc3ccc(F)cc3Cl)C1)C2. The standard InChI is InChI=1S/C18H20ClFN2O4/c19-15-5-13(20)2-1-11(15)9-25-14-3-4-22(8-14)16(23)12-6-18(7-12)10-26-17(24)21-18/h1-2,5,12,14H,3-4,6-10H2,(H,21,24)/t12-,14?,18-. The molecular formula is C18H20ClFN2O4. The Morgan fingerprint density at radius 2 is 2.27 bits per heavy atom. The number of carbonyl (C=O) groups is 2. The summed E-state index contributed by atoms with van der Waals surface area (Å²) in [4.78, 5) is 25.6. The topological polar surface area (TPSA) is 67.9 Å². The maximum atomic E-state index is 13.1. The van der Waals surface area contributed by atoms with Crippen molar-refractivity contribution in [2.24, 2.45) is 5.92 Å². The molecule has 1 aromatic carbocycles. The number of likely N-dealkylation sites (tertiary alicyclic amines) is 1. The number of halogens is 2. The fourth-order valence-electron chi connectivity index (χ4n) is 3.94. The van der Waals surface area contributed by atoms with Crippen LogP contribution in [-0.2, 0) is 20.9 Å². The van der Waals surface area contributed by atoms with Gasteiger partial charge in [0.15, 0.2) is 0 Å². The van der Waals surface area contributed by atoms with E-state index >= 15 is 0 Å². The molecule has 2 amide bonds. The summed E-state index contributed by atoms with van der Waals surface area (Å²) in [5, 5.41) is 3.15. The molecule has 6 nitrogen and oxygen atoms in total. The highest BCUT2D eigenvalue weighted by molar-refractivity contribution is 6.31. The van der Waals surface area contributed by atoms with Gasteiger partial charge in [-0.2, -0.15) is 0 Å². The molecule has 0 radical (unpaired) electrons. The minimum atomic E-state index is -0.398. The van der Waals surface area contributed by atoms with Crippen molar-refractivity contribution in [3.63, 3.8) is 0 Å². The number of hydrogen-bond donors (Lipinski definition) is 1. The van der Waals surface area contributed by atoms with Crippen LogP contribution in [0.5, 0.6) is 0 Å². The first-order chi connectivity index (χ1) is 12.4. The summed E-state index contributed by atoms with van der Waals surface area (Å²) in [5.41, 5.74) is 0.391. The Hall–Kier alpha value is -1.86. The van der Waals surface area contributed by atoms with Crippen LogP contribution in [0.3, 0.4) is 0 Å². The molecule has 3 fully saturated rings. The number of cyclic esters (lactones) is 1. The Morgan fingerprint density at radius 3 is 2.96 bits per heavy atom. The zero-order valence-electron chi connectivity index (χ0n) is 14.2. The van der Waals surface area contributed by atoms with Crippen molar-refractivity contribution in [1.82, 2.24) is 10.2 Å². The highest BCUT2D eigenvalue weighted by Crippen LogP contribution is 2.41. The lowest BCUT2D eigenvalue weighted by molar-refractivity contribution is -0.140. The van der Waals surface area contributed by atoms with Gasteiger partial charge < -0.3 is 19.7 Å². The van der Waals surface area contributed by atoms with Crippen LogP contribution in [0.2, 0.25) is 5.02 Å². The number of rotatable bonds is 4. The maximum absolute atomic E-state index is 13.1. The van der Waals surface area contributed by atoms with Gasteiger partial charge in [-0.25, -0.2) is 9.18 Å². The third-order valence-corrected chi connectivity index (χ3v) is 5.77. The third-order valence-electron chi connectivity index (χ3n) is 5.42. The molecule has 0 aromatic heterocycles. The summed E-state index contributed by atoms with van der Waals surface area (Å²) in [6.45, 7) is 1.85. The van der Waals surface area contributed by atoms with Crippen LogP contribution in [0, 0.1) is 11.7 Å². The molecule has 1 unspecified atom stereocenters. The van der Waals surface area contributed by atoms with Crippen LogP contribution in [-0.4, -0.2) is 48.2 Å². The van der Waals surface area contributed by atoms with Crippen LogP contribution in [0.4, 0.5) is 9.18 Å². The van der Waals surface area contributed by atoms with Crippen LogP contribution in [0.15, 0.2) is 18.2 Å². The molecule has 8 heteroatoms. The maximum Gasteiger partial charge on any atom is 0.407 e. The van der Waals surface area contributed by atoms with Crippen molar-refractivity contribution in [2.75, 3.05) is 19.7 Å². The predicted octanol–water partition coefficient (Wildman–Crippen LogP) is 2.49. The Bertz CT molecular complexity index is 738. The smallest absolute Gasteiger partial charge is 0.407 e. The lowest BCUT2D eigenvalue weighted by atomic mass is 9.68. The monoisotopic (exact) mass is 382 g/mol. The van der Waals surface area contributed by atoms with Gasteiger partial charge in [0.05, 0.1) is 18.2 Å². The van der Waals surface area contributed by atoms with Gasteiger partial charge in [0.1, 0.15) is 12.4 Å². The highest BCUT2D eigenvalue weighted by atomic mass is 35.5. The van der Waals surface area contributed by atoms with Gasteiger partial charge in [-0.3, -0.25) is 4.79 Å². The van der Waals surface area contributed by atoms with Gasteiger partial charge in [-0.15, -0.1) is 0 Å². The second-order valence-corrected chi connectivity index (χ2v) is 7.74. The normalized spacial score (nSPS) is 30.2. The zero-order valence-corrected chi connectivity index (χ0v) is 14.9. The third kappa shape index (κ3) is 3.38. The van der Waals surface area contributed by atoms with Gasteiger partial charge >= 0.3 is 6.09 Å². The fraction of sp³-hybridized carbons (Fsp3) is 0.556. The first kappa shape index (κ1) is 17.5. The molecule has 1 aromatic rings. The van der Waals surface area contributed by atoms with Gasteiger partial charge in [0.2, 0.25) is 5.91 Å². The van der Waals surface area contributed by atoms with Gasteiger partial charge in [0, 0.05) is 24.0 Å². The molecular weight excluding hydrogens is 363 g/mol. The van der Waals surface area contributed by atoms with E-state index in [0.717, 1.165) is 12.0 Å². The van der Waals surface area contributed by atoms with E-state index in [4.69, 9.17) is 21.1 Å².